The van der Waals surface area contributed by atoms with Crippen molar-refractivity contribution in [1.29, 1.82) is 0 Å². The van der Waals surface area contributed by atoms with E-state index in [2.05, 4.69) is 19.1 Å². The van der Waals surface area contributed by atoms with E-state index in [9.17, 15) is 4.79 Å². The quantitative estimate of drug-likeness (QED) is 0.741. The minimum atomic E-state index is 0.255. The van der Waals surface area contributed by atoms with Gasteiger partial charge >= 0.3 is 0 Å². The molecule has 0 aliphatic carbocycles. The SMILES string of the molecule is C1CCOC1.CCC(C)=O.Cc1ccccc1. The lowest BCUT2D eigenvalue weighted by Gasteiger charge is -1.82. The molecule has 1 heterocycles. The first-order valence-electron chi connectivity index (χ1n) is 6.25. The summed E-state index contributed by atoms with van der Waals surface area (Å²) in [7, 11) is 0. The second-order valence-electron chi connectivity index (χ2n) is 4.03. The predicted molar refractivity (Wildman–Crippen MR) is 72.2 cm³/mol. The fourth-order valence-electron chi connectivity index (χ4n) is 1.04. The Labute approximate surface area is 105 Å². The average Bonchev–Trinajstić information content (AvgIpc) is 2.89. The van der Waals surface area contributed by atoms with E-state index in [-0.39, 0.29) is 5.78 Å². The molecule has 0 unspecified atom stereocenters. The number of rotatable bonds is 1. The van der Waals surface area contributed by atoms with E-state index in [0.29, 0.717) is 6.42 Å². The van der Waals surface area contributed by atoms with Gasteiger partial charge in [-0.25, -0.2) is 0 Å². The Morgan fingerprint density at radius 3 is 1.82 bits per heavy atom. The molecule has 2 nitrogen and oxygen atoms in total. The molecule has 1 aromatic carbocycles. The van der Waals surface area contributed by atoms with Gasteiger partial charge in [-0.2, -0.15) is 0 Å². The molecule has 0 radical (unpaired) electrons. The molecule has 1 aliphatic rings. The lowest BCUT2D eigenvalue weighted by Crippen LogP contribution is -1.80. The predicted octanol–water partition coefficient (Wildman–Crippen LogP) is 3.78. The van der Waals surface area contributed by atoms with Crippen LogP contribution in [0.5, 0.6) is 0 Å². The van der Waals surface area contributed by atoms with Gasteiger partial charge in [0.1, 0.15) is 5.78 Å². The Bertz CT molecular complexity index is 269. The van der Waals surface area contributed by atoms with Crippen molar-refractivity contribution in [3.05, 3.63) is 35.9 Å². The molecule has 0 amide bonds. The van der Waals surface area contributed by atoms with Gasteiger partial charge in [0.05, 0.1) is 0 Å². The summed E-state index contributed by atoms with van der Waals surface area (Å²) < 4.78 is 4.94. The van der Waals surface area contributed by atoms with Gasteiger partial charge in [-0.3, -0.25) is 0 Å². The third-order valence-electron chi connectivity index (χ3n) is 2.27. The van der Waals surface area contributed by atoms with Crippen molar-refractivity contribution in [2.75, 3.05) is 13.2 Å². The Kier molecular flexibility index (Phi) is 10.6. The molecule has 96 valence electrons. The zero-order valence-electron chi connectivity index (χ0n) is 11.2. The molecule has 1 fully saturated rings. The summed E-state index contributed by atoms with van der Waals surface area (Å²) in [4.78, 5) is 9.81. The fraction of sp³-hybridized carbons (Fsp3) is 0.533. The van der Waals surface area contributed by atoms with Gasteiger partial charge in [0.25, 0.3) is 0 Å². The van der Waals surface area contributed by atoms with Gasteiger partial charge in [0, 0.05) is 19.6 Å². The van der Waals surface area contributed by atoms with Crippen LogP contribution in [0.1, 0.15) is 38.7 Å². The van der Waals surface area contributed by atoms with Crippen molar-refractivity contribution in [2.45, 2.75) is 40.0 Å². The molecular formula is C15H24O2. The van der Waals surface area contributed by atoms with Crippen LogP contribution in [0.3, 0.4) is 0 Å². The zero-order valence-corrected chi connectivity index (χ0v) is 11.2. The van der Waals surface area contributed by atoms with Gasteiger partial charge in [0.2, 0.25) is 0 Å². The number of carbonyl (C=O) groups excluding carboxylic acids is 1. The largest absolute Gasteiger partial charge is 0.381 e. The summed E-state index contributed by atoms with van der Waals surface area (Å²) in [6.07, 6.45) is 3.22. The summed E-state index contributed by atoms with van der Waals surface area (Å²) in [5.41, 5.74) is 1.32. The van der Waals surface area contributed by atoms with Gasteiger partial charge in [-0.05, 0) is 26.7 Å². The summed E-state index contributed by atoms with van der Waals surface area (Å²) in [6, 6.07) is 10.3. The van der Waals surface area contributed by atoms with Crippen LogP contribution in [-0.4, -0.2) is 19.0 Å². The van der Waals surface area contributed by atoms with Crippen LogP contribution in [0.4, 0.5) is 0 Å². The summed E-state index contributed by atoms with van der Waals surface area (Å²) in [5.74, 6) is 0.255. The van der Waals surface area contributed by atoms with Crippen LogP contribution in [-0.2, 0) is 9.53 Å². The zero-order chi connectivity index (χ0) is 12.9. The van der Waals surface area contributed by atoms with Crippen LogP contribution in [0, 0.1) is 6.92 Å². The highest BCUT2D eigenvalue weighted by atomic mass is 16.5. The van der Waals surface area contributed by atoms with E-state index in [1.54, 1.807) is 6.92 Å². The number of Topliss-reactive ketones (excluding diaryl/α,β-unsaturated/α-hetero) is 1. The normalized spacial score (nSPS) is 12.9. The van der Waals surface area contributed by atoms with Crippen molar-refractivity contribution in [1.82, 2.24) is 0 Å². The molecule has 0 aromatic heterocycles. The van der Waals surface area contributed by atoms with Crippen molar-refractivity contribution in [3.63, 3.8) is 0 Å². The van der Waals surface area contributed by atoms with E-state index < -0.39 is 0 Å². The molecule has 0 bridgehead atoms. The van der Waals surface area contributed by atoms with Crippen molar-refractivity contribution < 1.29 is 9.53 Å². The molecule has 2 heteroatoms. The lowest BCUT2D eigenvalue weighted by atomic mass is 10.2. The summed E-state index contributed by atoms with van der Waals surface area (Å²) in [6.45, 7) is 7.52. The molecule has 0 spiro atoms. The van der Waals surface area contributed by atoms with Crippen LogP contribution in [0.15, 0.2) is 30.3 Å². The van der Waals surface area contributed by atoms with Crippen LogP contribution >= 0.6 is 0 Å². The molecule has 0 atom stereocenters. The van der Waals surface area contributed by atoms with E-state index in [0.717, 1.165) is 13.2 Å². The third-order valence-corrected chi connectivity index (χ3v) is 2.27. The minimum Gasteiger partial charge on any atom is -0.381 e. The maximum atomic E-state index is 9.81. The Balaban J connectivity index is 0.000000232. The van der Waals surface area contributed by atoms with Crippen molar-refractivity contribution in [3.8, 4) is 0 Å². The number of ether oxygens (including phenoxy) is 1. The second-order valence-corrected chi connectivity index (χ2v) is 4.03. The Morgan fingerprint density at radius 2 is 1.65 bits per heavy atom. The first-order chi connectivity index (χ1) is 8.16. The van der Waals surface area contributed by atoms with E-state index in [4.69, 9.17) is 4.74 Å². The molecule has 1 aromatic rings. The van der Waals surface area contributed by atoms with Crippen LogP contribution in [0.2, 0.25) is 0 Å². The third kappa shape index (κ3) is 12.8. The van der Waals surface area contributed by atoms with Gasteiger partial charge in [0.15, 0.2) is 0 Å². The lowest BCUT2D eigenvalue weighted by molar-refractivity contribution is -0.116. The number of carbonyl (C=O) groups is 1. The molecule has 0 saturated carbocycles. The number of hydrogen-bond acceptors (Lipinski definition) is 2. The molecule has 0 N–H and O–H groups in total. The monoisotopic (exact) mass is 236 g/mol. The van der Waals surface area contributed by atoms with E-state index in [1.807, 2.05) is 25.1 Å². The first kappa shape index (κ1) is 15.9. The highest BCUT2D eigenvalue weighted by Gasteiger charge is 1.94. The maximum absolute atomic E-state index is 9.81. The Hall–Kier alpha value is -1.15. The first-order valence-corrected chi connectivity index (χ1v) is 6.25. The van der Waals surface area contributed by atoms with Crippen LogP contribution < -0.4 is 0 Å². The Morgan fingerprint density at radius 1 is 1.18 bits per heavy atom. The number of aryl methyl sites for hydroxylation is 1. The highest BCUT2D eigenvalue weighted by Crippen LogP contribution is 1.98. The van der Waals surface area contributed by atoms with Gasteiger partial charge in [-0.15, -0.1) is 0 Å². The molecular weight excluding hydrogens is 212 g/mol. The van der Waals surface area contributed by atoms with Crippen LogP contribution in [0.25, 0.3) is 0 Å². The van der Waals surface area contributed by atoms with Gasteiger partial charge < -0.3 is 9.53 Å². The second kappa shape index (κ2) is 11.3. The molecule has 17 heavy (non-hydrogen) atoms. The van der Waals surface area contributed by atoms with Crippen molar-refractivity contribution in [2.24, 2.45) is 0 Å². The minimum absolute atomic E-state index is 0.255. The summed E-state index contributed by atoms with van der Waals surface area (Å²) in [5, 5.41) is 0. The van der Waals surface area contributed by atoms with E-state index >= 15 is 0 Å². The van der Waals surface area contributed by atoms with Crippen molar-refractivity contribution >= 4 is 5.78 Å². The highest BCUT2D eigenvalue weighted by molar-refractivity contribution is 5.74. The number of benzene rings is 1. The van der Waals surface area contributed by atoms with E-state index in [1.165, 1.54) is 18.4 Å². The number of ketones is 1. The molecule has 1 saturated heterocycles. The fourth-order valence-corrected chi connectivity index (χ4v) is 1.04. The van der Waals surface area contributed by atoms with Gasteiger partial charge in [-0.1, -0.05) is 42.8 Å². The smallest absolute Gasteiger partial charge is 0.129 e. The standard InChI is InChI=1S/C7H8.2C4H8O/c1-7-5-3-2-4-6-7;1-2-4-5-3-1;1-3-4(2)5/h2-6H,1H3;1-4H2;3H2,1-2H3. The topological polar surface area (TPSA) is 26.3 Å². The average molecular weight is 236 g/mol. The molecule has 1 aliphatic heterocycles. The number of hydrogen-bond donors (Lipinski definition) is 0. The summed E-state index contributed by atoms with van der Waals surface area (Å²) >= 11 is 0. The molecule has 2 rings (SSSR count). The maximum Gasteiger partial charge on any atom is 0.129 e.